The zero-order chi connectivity index (χ0) is 30.7. The van der Waals surface area contributed by atoms with Crippen LogP contribution in [0.2, 0.25) is 0 Å². The summed E-state index contributed by atoms with van der Waals surface area (Å²) in [4.78, 5) is 0. The Labute approximate surface area is 264 Å². The van der Waals surface area contributed by atoms with Gasteiger partial charge < -0.3 is 5.41 Å². The Bertz CT molecular complexity index is 2430. The van der Waals surface area contributed by atoms with Gasteiger partial charge in [-0.1, -0.05) is 142 Å². The van der Waals surface area contributed by atoms with Gasteiger partial charge in [0.1, 0.15) is 0 Å². The van der Waals surface area contributed by atoms with E-state index in [1.165, 1.54) is 50.4 Å². The molecule has 0 amide bonds. The van der Waals surface area contributed by atoms with Crippen molar-refractivity contribution in [2.24, 2.45) is 0 Å². The van der Waals surface area contributed by atoms with Crippen molar-refractivity contribution in [2.75, 3.05) is 0 Å². The molecular weight excluding hydrogens is 542 g/mol. The van der Waals surface area contributed by atoms with Crippen molar-refractivity contribution in [3.05, 3.63) is 155 Å². The molecule has 8 rings (SSSR count). The Hall–Kier alpha value is -5.53. The van der Waals surface area contributed by atoms with E-state index in [0.29, 0.717) is 0 Å². The molecule has 214 valence electrons. The van der Waals surface area contributed by atoms with E-state index in [4.69, 9.17) is 5.41 Å². The normalized spacial score (nSPS) is 13.6. The lowest BCUT2D eigenvalue weighted by Crippen LogP contribution is -2.28. The highest BCUT2D eigenvalue weighted by Gasteiger charge is 2.35. The Balaban J connectivity index is 1.27. The monoisotopic (exact) mass is 575 g/mol. The van der Waals surface area contributed by atoms with Gasteiger partial charge in [-0.2, -0.15) is 0 Å². The number of hydrogen-bond donors (Lipinski definition) is 1. The minimum absolute atomic E-state index is 0.0296. The predicted molar refractivity (Wildman–Crippen MR) is 193 cm³/mol. The van der Waals surface area contributed by atoms with E-state index < -0.39 is 0 Å². The Kier molecular flexibility index (Phi) is 6.18. The van der Waals surface area contributed by atoms with Gasteiger partial charge in [-0.25, -0.2) is 0 Å². The fourth-order valence-corrected chi connectivity index (χ4v) is 7.48. The minimum Gasteiger partial charge on any atom is -0.309 e. The van der Waals surface area contributed by atoms with Crippen LogP contribution in [0.25, 0.3) is 78.7 Å². The highest BCUT2D eigenvalue weighted by molar-refractivity contribution is 6.08. The summed E-state index contributed by atoms with van der Waals surface area (Å²) in [6, 6.07) is 48.3. The van der Waals surface area contributed by atoms with Crippen LogP contribution < -0.4 is 10.4 Å². The molecule has 0 aromatic heterocycles. The van der Waals surface area contributed by atoms with E-state index in [2.05, 4.69) is 154 Å². The largest absolute Gasteiger partial charge is 0.309 e. The summed E-state index contributed by atoms with van der Waals surface area (Å²) in [7, 11) is 0. The minimum atomic E-state index is -0.0296. The third-order valence-electron chi connectivity index (χ3n) is 9.74. The summed E-state index contributed by atoms with van der Waals surface area (Å²) in [6.45, 7) is 9.29. The third kappa shape index (κ3) is 4.19. The van der Waals surface area contributed by atoms with E-state index in [9.17, 15) is 0 Å². The summed E-state index contributed by atoms with van der Waals surface area (Å²) >= 11 is 0. The first-order chi connectivity index (χ1) is 22.0. The van der Waals surface area contributed by atoms with Crippen LogP contribution in [0.1, 0.15) is 25.0 Å². The summed E-state index contributed by atoms with van der Waals surface area (Å²) < 4.78 is 0. The van der Waals surface area contributed by atoms with Gasteiger partial charge in [0.2, 0.25) is 0 Å². The second kappa shape index (κ2) is 10.3. The van der Waals surface area contributed by atoms with Gasteiger partial charge in [-0.15, -0.1) is 0 Å². The van der Waals surface area contributed by atoms with Crippen molar-refractivity contribution in [1.29, 1.82) is 5.41 Å². The van der Waals surface area contributed by atoms with Crippen LogP contribution >= 0.6 is 0 Å². The molecular formula is C44H33N. The van der Waals surface area contributed by atoms with Crippen molar-refractivity contribution in [3.8, 4) is 44.5 Å². The molecule has 45 heavy (non-hydrogen) atoms. The second-order valence-corrected chi connectivity index (χ2v) is 12.6. The Morgan fingerprint density at radius 3 is 1.91 bits per heavy atom. The van der Waals surface area contributed by atoms with Gasteiger partial charge in [0.15, 0.2) is 0 Å². The molecule has 7 aromatic carbocycles. The highest BCUT2D eigenvalue weighted by atomic mass is 14.4. The maximum absolute atomic E-state index is 8.05. The molecule has 0 atom stereocenters. The molecule has 0 bridgehead atoms. The third-order valence-corrected chi connectivity index (χ3v) is 9.74. The van der Waals surface area contributed by atoms with Crippen LogP contribution in [0.4, 0.5) is 0 Å². The van der Waals surface area contributed by atoms with Gasteiger partial charge >= 0.3 is 0 Å². The smallest absolute Gasteiger partial charge is 0.0184 e. The lowest BCUT2D eigenvalue weighted by atomic mass is 9.81. The molecule has 1 aliphatic rings. The first kappa shape index (κ1) is 27.0. The Morgan fingerprint density at radius 2 is 1.13 bits per heavy atom. The van der Waals surface area contributed by atoms with Crippen LogP contribution in [0.3, 0.4) is 0 Å². The van der Waals surface area contributed by atoms with Crippen LogP contribution in [-0.2, 0) is 5.41 Å². The number of benzene rings is 7. The molecule has 1 nitrogen and oxygen atoms in total. The average Bonchev–Trinajstić information content (AvgIpc) is 3.31. The molecule has 0 unspecified atom stereocenters. The van der Waals surface area contributed by atoms with Gasteiger partial charge in [-0.05, 0) is 106 Å². The van der Waals surface area contributed by atoms with Crippen molar-refractivity contribution in [2.45, 2.75) is 19.3 Å². The summed E-state index contributed by atoms with van der Waals surface area (Å²) in [5, 5.41) is 14.7. The molecule has 0 fully saturated rings. The first-order valence-corrected chi connectivity index (χ1v) is 15.5. The molecule has 0 saturated carbocycles. The first-order valence-electron chi connectivity index (χ1n) is 15.5. The quantitative estimate of drug-likeness (QED) is 0.202. The number of hydrogen-bond acceptors (Lipinski definition) is 1. The zero-order valence-electron chi connectivity index (χ0n) is 25.6. The van der Waals surface area contributed by atoms with Crippen LogP contribution in [0.15, 0.2) is 133 Å². The Morgan fingerprint density at radius 1 is 0.533 bits per heavy atom. The molecule has 1 aliphatic carbocycles. The van der Waals surface area contributed by atoms with Gasteiger partial charge in [-0.3, -0.25) is 0 Å². The molecule has 0 aliphatic heterocycles. The molecule has 0 saturated heterocycles. The van der Waals surface area contributed by atoms with Gasteiger partial charge in [0.05, 0.1) is 0 Å². The second-order valence-electron chi connectivity index (χ2n) is 12.6. The van der Waals surface area contributed by atoms with E-state index in [-0.39, 0.29) is 5.41 Å². The fraction of sp³-hybridized carbons (Fsp3) is 0.0682. The van der Waals surface area contributed by atoms with E-state index in [1.807, 2.05) is 6.08 Å². The highest BCUT2D eigenvalue weighted by Crippen LogP contribution is 2.49. The summed E-state index contributed by atoms with van der Waals surface area (Å²) in [6.07, 6.45) is 3.27. The van der Waals surface area contributed by atoms with E-state index in [0.717, 1.165) is 43.5 Å². The van der Waals surface area contributed by atoms with E-state index >= 15 is 0 Å². The topological polar surface area (TPSA) is 23.9 Å². The average molecular weight is 576 g/mol. The van der Waals surface area contributed by atoms with Gasteiger partial charge in [0.25, 0.3) is 0 Å². The number of nitrogens with one attached hydrogen (secondary N) is 1. The van der Waals surface area contributed by atoms with E-state index in [1.54, 1.807) is 0 Å². The molecule has 0 spiro atoms. The van der Waals surface area contributed by atoms with Crippen LogP contribution in [-0.4, -0.2) is 6.21 Å². The maximum atomic E-state index is 8.05. The summed E-state index contributed by atoms with van der Waals surface area (Å²) in [5.41, 5.74) is 12.3. The molecule has 0 radical (unpaired) electrons. The molecule has 0 heterocycles. The molecule has 7 aromatic rings. The van der Waals surface area contributed by atoms with Crippen molar-refractivity contribution >= 4 is 40.4 Å². The van der Waals surface area contributed by atoms with Crippen molar-refractivity contribution < 1.29 is 0 Å². The standard InChI is InChI=1S/C44H33N/c1-28-35(24-25-45)43(34-21-18-29-10-4-5-11-32(29)26-34)39-14-7-6-13-38(39)42(28)31-19-16-30(17-20-31)33-22-23-37-36-12-8-9-15-40(36)44(2,3)41(37)27-33/h4-27,45H,1H2,2-3H3/b35-24+,45-25?. The van der Waals surface area contributed by atoms with Crippen molar-refractivity contribution in [3.63, 3.8) is 0 Å². The van der Waals surface area contributed by atoms with Crippen LogP contribution in [0, 0.1) is 5.41 Å². The SMILES string of the molecule is C=c1c(-c2ccc(-c3ccc4c(c3)C(C)(C)c3ccccc3-4)cc2)c2ccccc2c(-c2ccc3ccccc3c2)/c1=C/C=N. The number of rotatable bonds is 4. The molecule has 1 heteroatoms. The van der Waals surface area contributed by atoms with Gasteiger partial charge in [0, 0.05) is 11.6 Å². The van der Waals surface area contributed by atoms with Crippen molar-refractivity contribution in [1.82, 2.24) is 0 Å². The number of fused-ring (bicyclic) bond motifs is 5. The van der Waals surface area contributed by atoms with Crippen LogP contribution in [0.5, 0.6) is 0 Å². The lowest BCUT2D eigenvalue weighted by Gasteiger charge is -2.22. The predicted octanol–water partition coefficient (Wildman–Crippen LogP) is 10.1. The lowest BCUT2D eigenvalue weighted by molar-refractivity contribution is 0.660. The fourth-order valence-electron chi connectivity index (χ4n) is 7.48. The summed E-state index contributed by atoms with van der Waals surface area (Å²) in [5.74, 6) is 0. The molecule has 1 N–H and O–H groups in total. The maximum Gasteiger partial charge on any atom is 0.0184 e. The zero-order valence-corrected chi connectivity index (χ0v) is 25.6.